The van der Waals surface area contributed by atoms with E-state index in [2.05, 4.69) is 11.9 Å². The number of rotatable bonds is 5. The zero-order valence-corrected chi connectivity index (χ0v) is 16.0. The molecule has 1 aliphatic heterocycles. The lowest BCUT2D eigenvalue weighted by Crippen LogP contribution is -2.34. The number of ether oxygens (including phenoxy) is 2. The third-order valence-electron chi connectivity index (χ3n) is 4.58. The van der Waals surface area contributed by atoms with E-state index < -0.39 is 16.2 Å². The zero-order chi connectivity index (χ0) is 19.0. The van der Waals surface area contributed by atoms with Crippen LogP contribution in [-0.4, -0.2) is 32.7 Å². The molecule has 2 heterocycles. The number of aromatic nitrogens is 1. The van der Waals surface area contributed by atoms with E-state index in [4.69, 9.17) is 13.7 Å². The van der Waals surface area contributed by atoms with Gasteiger partial charge < -0.3 is 14.5 Å². The minimum Gasteiger partial charge on any atom is -0.486 e. The Morgan fingerprint density at radius 1 is 1.19 bits per heavy atom. The zero-order valence-electron chi connectivity index (χ0n) is 15.2. The number of hydrogen-bond donors (Lipinski definition) is 1. The molecule has 6 nitrogen and oxygen atoms in total. The minimum absolute atomic E-state index is 0.114. The van der Waals surface area contributed by atoms with Crippen molar-refractivity contribution in [2.75, 3.05) is 13.2 Å². The largest absolute Gasteiger partial charge is 0.486 e. The minimum atomic E-state index is -3.84. The molecule has 0 amide bonds. The molecule has 1 atom stereocenters. The number of hydrogen-bond acceptors (Lipinski definition) is 5. The quantitative estimate of drug-likeness (QED) is 0.677. The highest BCUT2D eigenvalue weighted by Crippen LogP contribution is 2.39. The highest BCUT2D eigenvalue weighted by molar-refractivity contribution is 7.86. The Hall–Kier alpha value is -2.51. The van der Waals surface area contributed by atoms with Gasteiger partial charge in [0.05, 0.1) is 4.90 Å². The van der Waals surface area contributed by atoms with Crippen LogP contribution in [0.2, 0.25) is 0 Å². The summed E-state index contributed by atoms with van der Waals surface area (Å²) in [5, 5.41) is 0.926. The first-order valence-electron chi connectivity index (χ1n) is 8.86. The molecule has 0 spiro atoms. The lowest BCUT2D eigenvalue weighted by atomic mass is 10.2. The van der Waals surface area contributed by atoms with Crippen molar-refractivity contribution in [1.82, 2.24) is 4.98 Å². The van der Waals surface area contributed by atoms with Crippen molar-refractivity contribution in [3.63, 3.8) is 0 Å². The second-order valence-corrected chi connectivity index (χ2v) is 8.22. The number of benzene rings is 2. The summed E-state index contributed by atoms with van der Waals surface area (Å²) in [6.07, 6.45) is 0.370. The molecule has 142 valence electrons. The van der Waals surface area contributed by atoms with Crippen LogP contribution in [0.1, 0.15) is 18.2 Å². The van der Waals surface area contributed by atoms with Crippen molar-refractivity contribution < 1.29 is 22.1 Å². The van der Waals surface area contributed by atoms with Crippen LogP contribution in [0.15, 0.2) is 47.4 Å². The number of fused-ring (bicyclic) bond motifs is 3. The molecule has 0 bridgehead atoms. The van der Waals surface area contributed by atoms with Crippen molar-refractivity contribution in [2.24, 2.45) is 0 Å². The van der Waals surface area contributed by atoms with Gasteiger partial charge in [-0.2, -0.15) is 8.42 Å². The van der Waals surface area contributed by atoms with Gasteiger partial charge in [0, 0.05) is 16.6 Å². The molecule has 0 unspecified atom stereocenters. The molecule has 1 aromatic heterocycles. The van der Waals surface area contributed by atoms with Crippen LogP contribution in [0.25, 0.3) is 10.9 Å². The number of aromatic amines is 1. The number of aryl methyl sites for hydroxylation is 2. The van der Waals surface area contributed by atoms with E-state index in [9.17, 15) is 8.42 Å². The van der Waals surface area contributed by atoms with Crippen LogP contribution < -0.4 is 9.47 Å². The molecular weight excluding hydrogens is 366 g/mol. The predicted molar refractivity (Wildman–Crippen MR) is 102 cm³/mol. The van der Waals surface area contributed by atoms with Crippen LogP contribution in [0.3, 0.4) is 0 Å². The monoisotopic (exact) mass is 387 g/mol. The maximum absolute atomic E-state index is 12.4. The van der Waals surface area contributed by atoms with Crippen molar-refractivity contribution >= 4 is 21.0 Å². The highest BCUT2D eigenvalue weighted by atomic mass is 32.2. The van der Waals surface area contributed by atoms with Crippen LogP contribution in [0, 0.1) is 6.92 Å². The van der Waals surface area contributed by atoms with E-state index in [0.29, 0.717) is 11.5 Å². The summed E-state index contributed by atoms with van der Waals surface area (Å²) in [5.41, 5.74) is 3.04. The Bertz CT molecular complexity index is 1070. The predicted octanol–water partition coefficient (Wildman–Crippen LogP) is 3.58. The average molecular weight is 387 g/mol. The molecule has 0 aliphatic carbocycles. The second kappa shape index (κ2) is 6.90. The van der Waals surface area contributed by atoms with Crippen molar-refractivity contribution in [2.45, 2.75) is 31.3 Å². The van der Waals surface area contributed by atoms with E-state index in [0.717, 1.165) is 28.6 Å². The molecule has 1 aliphatic rings. The summed E-state index contributed by atoms with van der Waals surface area (Å²) in [6, 6.07) is 12.4. The van der Waals surface area contributed by atoms with Gasteiger partial charge in [0.15, 0.2) is 17.6 Å². The van der Waals surface area contributed by atoms with Crippen LogP contribution in [-0.2, 0) is 20.7 Å². The van der Waals surface area contributed by atoms with Crippen LogP contribution in [0.5, 0.6) is 11.5 Å². The fourth-order valence-electron chi connectivity index (χ4n) is 3.04. The standard InChI is InChI=1S/C20H21NO5S/c1-3-14-10-17-18(21-14)8-9-19-20(17)26-15(11-24-19)12-25-27(22,23)16-6-4-13(2)5-7-16/h4-10,15,21H,3,11-12H2,1-2H3/t15-/m1/s1. The molecule has 27 heavy (non-hydrogen) atoms. The molecule has 3 aromatic rings. The SMILES string of the molecule is CCc1cc2c3c(ccc2[nH]1)OC[C@H](COS(=O)(=O)c1ccc(C)cc1)O3. The van der Waals surface area contributed by atoms with Gasteiger partial charge in [-0.05, 0) is 43.7 Å². The summed E-state index contributed by atoms with van der Waals surface area (Å²) in [7, 11) is -3.84. The topological polar surface area (TPSA) is 77.6 Å². The molecule has 2 aromatic carbocycles. The fraction of sp³-hybridized carbons (Fsp3) is 0.300. The van der Waals surface area contributed by atoms with E-state index >= 15 is 0 Å². The summed E-state index contributed by atoms with van der Waals surface area (Å²) >= 11 is 0. The lowest BCUT2D eigenvalue weighted by molar-refractivity contribution is 0.0571. The van der Waals surface area contributed by atoms with Gasteiger partial charge in [-0.15, -0.1) is 0 Å². The molecule has 0 saturated heterocycles. The van der Waals surface area contributed by atoms with E-state index in [-0.39, 0.29) is 18.1 Å². The Kier molecular flexibility index (Phi) is 4.57. The number of H-pyrrole nitrogens is 1. The molecule has 0 fully saturated rings. The van der Waals surface area contributed by atoms with E-state index in [1.807, 2.05) is 25.1 Å². The Morgan fingerprint density at radius 3 is 2.70 bits per heavy atom. The second-order valence-electron chi connectivity index (χ2n) is 6.60. The van der Waals surface area contributed by atoms with Gasteiger partial charge >= 0.3 is 0 Å². The Balaban J connectivity index is 1.51. The van der Waals surface area contributed by atoms with Gasteiger partial charge in [-0.1, -0.05) is 24.6 Å². The Labute approximate surface area is 158 Å². The summed E-state index contributed by atoms with van der Waals surface area (Å²) < 4.78 is 41.7. The first-order chi connectivity index (χ1) is 13.0. The van der Waals surface area contributed by atoms with E-state index in [1.165, 1.54) is 12.1 Å². The summed E-state index contributed by atoms with van der Waals surface area (Å²) in [6.45, 7) is 4.08. The summed E-state index contributed by atoms with van der Waals surface area (Å²) in [5.74, 6) is 1.28. The van der Waals surface area contributed by atoms with E-state index in [1.54, 1.807) is 12.1 Å². The van der Waals surface area contributed by atoms with Gasteiger partial charge in [-0.3, -0.25) is 4.18 Å². The van der Waals surface area contributed by atoms with Crippen molar-refractivity contribution in [3.05, 3.63) is 53.7 Å². The van der Waals surface area contributed by atoms with Crippen molar-refractivity contribution in [1.29, 1.82) is 0 Å². The maximum Gasteiger partial charge on any atom is 0.297 e. The maximum atomic E-state index is 12.4. The Morgan fingerprint density at radius 2 is 1.96 bits per heavy atom. The highest BCUT2D eigenvalue weighted by Gasteiger charge is 2.26. The number of nitrogens with one attached hydrogen (secondary N) is 1. The molecule has 0 saturated carbocycles. The molecule has 4 rings (SSSR count). The van der Waals surface area contributed by atoms with Crippen LogP contribution in [0.4, 0.5) is 0 Å². The smallest absolute Gasteiger partial charge is 0.297 e. The third-order valence-corrected chi connectivity index (χ3v) is 5.88. The lowest BCUT2D eigenvalue weighted by Gasteiger charge is -2.26. The fourth-order valence-corrected chi connectivity index (χ4v) is 3.98. The normalized spacial score (nSPS) is 16.6. The first-order valence-corrected chi connectivity index (χ1v) is 10.3. The first kappa shape index (κ1) is 17.9. The molecule has 7 heteroatoms. The van der Waals surface area contributed by atoms with Gasteiger partial charge in [0.2, 0.25) is 0 Å². The molecular formula is C20H21NO5S. The molecule has 0 radical (unpaired) electrons. The molecule has 1 N–H and O–H groups in total. The van der Waals surface area contributed by atoms with Gasteiger partial charge in [-0.25, -0.2) is 0 Å². The average Bonchev–Trinajstić information content (AvgIpc) is 3.10. The summed E-state index contributed by atoms with van der Waals surface area (Å²) in [4.78, 5) is 3.46. The third kappa shape index (κ3) is 3.52. The van der Waals surface area contributed by atoms with Crippen molar-refractivity contribution in [3.8, 4) is 11.5 Å². The van der Waals surface area contributed by atoms with Crippen LogP contribution >= 0.6 is 0 Å². The van der Waals surface area contributed by atoms with Gasteiger partial charge in [0.25, 0.3) is 10.1 Å². The van der Waals surface area contributed by atoms with Gasteiger partial charge in [0.1, 0.15) is 13.2 Å².